The number of aliphatic hydroxyl groups excluding tert-OH is 2. The van der Waals surface area contributed by atoms with Gasteiger partial charge in [0.2, 0.25) is 5.91 Å². The second-order valence-corrected chi connectivity index (χ2v) is 7.95. The van der Waals surface area contributed by atoms with Crippen LogP contribution in [0.2, 0.25) is 0 Å². The third-order valence-electron chi connectivity index (χ3n) is 5.02. The maximum absolute atomic E-state index is 12.7. The maximum atomic E-state index is 12.7. The Morgan fingerprint density at radius 2 is 1.81 bits per heavy atom. The van der Waals surface area contributed by atoms with Gasteiger partial charge in [0, 0.05) is 0 Å². The highest BCUT2D eigenvalue weighted by atomic mass is 16.6. The first-order chi connectivity index (χ1) is 14.8. The summed E-state index contributed by atoms with van der Waals surface area (Å²) in [6, 6.07) is 4.79. The number of aromatic nitrogens is 2. The first-order valence-corrected chi connectivity index (χ1v) is 10.0. The quantitative estimate of drug-likeness (QED) is 0.371. The molecule has 4 N–H and O–H groups in total. The van der Waals surface area contributed by atoms with Gasteiger partial charge < -0.3 is 25.6 Å². The lowest BCUT2D eigenvalue weighted by molar-refractivity contribution is -0.133. The van der Waals surface area contributed by atoms with Gasteiger partial charge in [-0.25, -0.2) is 4.98 Å². The number of aliphatic hydroxyl groups is 2. The summed E-state index contributed by atoms with van der Waals surface area (Å²) in [5.41, 5.74) is -0.164. The average molecular weight is 430 g/mol. The van der Waals surface area contributed by atoms with Gasteiger partial charge in [-0.15, -0.1) is 0 Å². The van der Waals surface area contributed by atoms with E-state index < -0.39 is 48.5 Å². The van der Waals surface area contributed by atoms with Crippen molar-refractivity contribution in [1.82, 2.24) is 20.6 Å². The average Bonchev–Trinajstić information content (AvgIpc) is 3.56. The Morgan fingerprint density at radius 1 is 1.13 bits per heavy atom. The molecule has 3 atom stereocenters. The van der Waals surface area contributed by atoms with E-state index in [1.807, 2.05) is 13.8 Å². The highest BCUT2D eigenvalue weighted by Crippen LogP contribution is 2.30. The highest BCUT2D eigenvalue weighted by Gasteiger charge is 2.54. The molecule has 1 unspecified atom stereocenters. The first-order valence-electron chi connectivity index (χ1n) is 10.0. The lowest BCUT2D eigenvalue weighted by Gasteiger charge is -2.24. The van der Waals surface area contributed by atoms with Gasteiger partial charge in [0.05, 0.1) is 43.1 Å². The number of hydrogen-bond donors (Lipinski definition) is 4. The third kappa shape index (κ3) is 5.22. The lowest BCUT2D eigenvalue weighted by Crippen LogP contribution is -2.55. The van der Waals surface area contributed by atoms with Gasteiger partial charge in [-0.05, 0) is 24.5 Å². The molecule has 1 saturated heterocycles. The van der Waals surface area contributed by atoms with Crippen LogP contribution in [0.3, 0.4) is 0 Å². The van der Waals surface area contributed by atoms with Crippen LogP contribution in [0, 0.1) is 5.92 Å². The molecule has 1 aliphatic heterocycles. The van der Waals surface area contributed by atoms with Crippen molar-refractivity contribution in [3.05, 3.63) is 36.2 Å². The Hall–Kier alpha value is -2.95. The number of epoxide rings is 1. The van der Waals surface area contributed by atoms with Crippen LogP contribution in [-0.4, -0.2) is 75.3 Å². The van der Waals surface area contributed by atoms with Gasteiger partial charge in [0.15, 0.2) is 11.4 Å². The van der Waals surface area contributed by atoms with Crippen molar-refractivity contribution in [2.75, 3.05) is 19.8 Å². The van der Waals surface area contributed by atoms with Gasteiger partial charge in [-0.1, -0.05) is 26.0 Å². The minimum absolute atomic E-state index is 0.00892. The van der Waals surface area contributed by atoms with E-state index in [-0.39, 0.29) is 18.2 Å². The molecule has 0 aliphatic carbocycles. The number of hydrogen-bond acceptors (Lipinski definition) is 8. The summed E-state index contributed by atoms with van der Waals surface area (Å²) in [7, 11) is 0. The van der Waals surface area contributed by atoms with Gasteiger partial charge in [-0.3, -0.25) is 19.4 Å². The second-order valence-electron chi connectivity index (χ2n) is 7.95. The number of nitrogens with one attached hydrogen (secondary N) is 2. The molecule has 3 rings (SSSR count). The van der Waals surface area contributed by atoms with E-state index in [9.17, 15) is 24.6 Å². The number of rotatable bonds is 10. The van der Waals surface area contributed by atoms with Crippen LogP contribution in [0.15, 0.2) is 30.5 Å². The Kier molecular flexibility index (Phi) is 6.94. The molecule has 1 aromatic heterocycles. The van der Waals surface area contributed by atoms with Crippen molar-refractivity contribution < 1.29 is 29.3 Å². The van der Waals surface area contributed by atoms with E-state index in [2.05, 4.69) is 20.6 Å². The Bertz CT molecular complexity index is 975. The zero-order chi connectivity index (χ0) is 22.6. The molecule has 10 heteroatoms. The molecule has 2 aromatic rings. The molecule has 31 heavy (non-hydrogen) atoms. The number of Topliss-reactive ketones (excluding diaryl/α,β-unsaturated/α-hetero) is 1. The molecule has 1 aliphatic rings. The molecule has 2 amide bonds. The molecule has 1 aromatic carbocycles. The van der Waals surface area contributed by atoms with Crippen LogP contribution >= 0.6 is 0 Å². The van der Waals surface area contributed by atoms with E-state index in [0.717, 1.165) is 0 Å². The number of nitrogens with zero attached hydrogens (tertiary/aromatic N) is 2. The Morgan fingerprint density at radius 3 is 2.39 bits per heavy atom. The molecule has 0 radical (unpaired) electrons. The SMILES string of the molecule is CC(C)C[C@H](NC(=O)[C@H](CO)NC(=O)c1cnc2ccccc2n1)C(=O)C1(CO)CO1. The predicted molar refractivity (Wildman–Crippen MR) is 110 cm³/mol. The van der Waals surface area contributed by atoms with E-state index >= 15 is 0 Å². The van der Waals surface area contributed by atoms with Gasteiger partial charge in [0.25, 0.3) is 5.91 Å². The largest absolute Gasteiger partial charge is 0.394 e. The molecule has 2 heterocycles. The third-order valence-corrected chi connectivity index (χ3v) is 5.02. The van der Waals surface area contributed by atoms with Gasteiger partial charge >= 0.3 is 0 Å². The number of benzene rings is 1. The monoisotopic (exact) mass is 430 g/mol. The molecular formula is C21H26N4O6. The number of amides is 2. The molecule has 1 fully saturated rings. The topological polar surface area (TPSA) is 154 Å². The summed E-state index contributed by atoms with van der Waals surface area (Å²) in [5.74, 6) is -1.77. The molecule has 0 spiro atoms. The maximum Gasteiger partial charge on any atom is 0.272 e. The predicted octanol–water partition coefficient (Wildman–Crippen LogP) is -0.418. The van der Waals surface area contributed by atoms with Crippen LogP contribution in [0.4, 0.5) is 0 Å². The van der Waals surface area contributed by atoms with Crippen LogP contribution in [0.1, 0.15) is 30.8 Å². The summed E-state index contributed by atoms with van der Waals surface area (Å²) in [6.07, 6.45) is 1.60. The normalized spacial score (nSPS) is 19.6. The van der Waals surface area contributed by atoms with Crippen molar-refractivity contribution in [2.45, 2.75) is 38.0 Å². The van der Waals surface area contributed by atoms with Crippen LogP contribution in [0.5, 0.6) is 0 Å². The van der Waals surface area contributed by atoms with E-state index in [1.165, 1.54) is 6.20 Å². The summed E-state index contributed by atoms with van der Waals surface area (Å²) in [4.78, 5) is 46.4. The summed E-state index contributed by atoms with van der Waals surface area (Å²) >= 11 is 0. The van der Waals surface area contributed by atoms with Gasteiger partial charge in [0.1, 0.15) is 11.7 Å². The van der Waals surface area contributed by atoms with Crippen molar-refractivity contribution in [3.8, 4) is 0 Å². The molecular weight excluding hydrogens is 404 g/mol. The van der Waals surface area contributed by atoms with E-state index in [0.29, 0.717) is 17.5 Å². The number of carbonyl (C=O) groups is 3. The molecule has 166 valence electrons. The van der Waals surface area contributed by atoms with E-state index in [4.69, 9.17) is 4.74 Å². The van der Waals surface area contributed by atoms with Crippen LogP contribution in [-0.2, 0) is 14.3 Å². The van der Waals surface area contributed by atoms with E-state index in [1.54, 1.807) is 24.3 Å². The zero-order valence-corrected chi connectivity index (χ0v) is 17.4. The smallest absolute Gasteiger partial charge is 0.272 e. The number of ether oxygens (including phenoxy) is 1. The zero-order valence-electron chi connectivity index (χ0n) is 17.4. The summed E-state index contributed by atoms with van der Waals surface area (Å²) in [6.45, 7) is 2.71. The molecule has 0 saturated carbocycles. The number of carbonyl (C=O) groups excluding carboxylic acids is 3. The fraction of sp³-hybridized carbons (Fsp3) is 0.476. The van der Waals surface area contributed by atoms with Crippen molar-refractivity contribution in [2.24, 2.45) is 5.92 Å². The Labute approximate surface area is 179 Å². The fourth-order valence-corrected chi connectivity index (χ4v) is 3.18. The van der Waals surface area contributed by atoms with Crippen LogP contribution in [0.25, 0.3) is 11.0 Å². The summed E-state index contributed by atoms with van der Waals surface area (Å²) < 4.78 is 5.11. The van der Waals surface area contributed by atoms with Gasteiger partial charge in [-0.2, -0.15) is 0 Å². The lowest BCUT2D eigenvalue weighted by atomic mass is 9.92. The van der Waals surface area contributed by atoms with Crippen molar-refractivity contribution >= 4 is 28.6 Å². The number of para-hydroxylation sites is 2. The fourth-order valence-electron chi connectivity index (χ4n) is 3.18. The van der Waals surface area contributed by atoms with Crippen molar-refractivity contribution in [1.29, 1.82) is 0 Å². The minimum Gasteiger partial charge on any atom is -0.394 e. The standard InChI is InChI=1S/C21H26N4O6/c1-12(2)7-15(18(28)21(10-27)11-31-21)24-20(30)17(9-26)25-19(29)16-8-22-13-5-3-4-6-14(13)23-16/h3-6,8,12,15,17,26-27H,7,9-11H2,1-2H3,(H,24,30)(H,25,29)/t15-,17-,21?/m0/s1. The highest BCUT2D eigenvalue weighted by molar-refractivity contribution is 6.00. The number of ketones is 1. The minimum atomic E-state index is -1.30. The molecule has 0 bridgehead atoms. The molecule has 10 nitrogen and oxygen atoms in total. The second kappa shape index (κ2) is 9.46. The van der Waals surface area contributed by atoms with Crippen LogP contribution < -0.4 is 10.6 Å². The Balaban J connectivity index is 1.70. The first kappa shape index (κ1) is 22.7. The number of fused-ring (bicyclic) bond motifs is 1. The summed E-state index contributed by atoms with van der Waals surface area (Å²) in [5, 5.41) is 24.1. The van der Waals surface area contributed by atoms with Crippen molar-refractivity contribution in [3.63, 3.8) is 0 Å².